The summed E-state index contributed by atoms with van der Waals surface area (Å²) in [5.74, 6) is -1.64. The summed E-state index contributed by atoms with van der Waals surface area (Å²) in [7, 11) is 3.41. The molecule has 3 atom stereocenters. The van der Waals surface area contributed by atoms with Crippen molar-refractivity contribution in [3.05, 3.63) is 23.8 Å². The third kappa shape index (κ3) is 12.3. The van der Waals surface area contributed by atoms with Crippen LogP contribution in [0.2, 0.25) is 0 Å². The van der Waals surface area contributed by atoms with Gasteiger partial charge in [0.25, 0.3) is 0 Å². The van der Waals surface area contributed by atoms with Gasteiger partial charge in [-0.3, -0.25) is 19.2 Å². The van der Waals surface area contributed by atoms with Gasteiger partial charge in [0.15, 0.2) is 0 Å². The number of unbranched alkanes of at least 4 members (excludes halogenated alkanes) is 1. The van der Waals surface area contributed by atoms with Gasteiger partial charge >= 0.3 is 6.03 Å². The minimum absolute atomic E-state index is 0.0175. The van der Waals surface area contributed by atoms with E-state index in [1.165, 1.54) is 6.92 Å². The van der Waals surface area contributed by atoms with Gasteiger partial charge in [0.05, 0.1) is 12.6 Å². The number of amides is 6. The van der Waals surface area contributed by atoms with Crippen molar-refractivity contribution in [3.8, 4) is 0 Å². The zero-order chi connectivity index (χ0) is 30.2. The van der Waals surface area contributed by atoms with E-state index in [0.717, 1.165) is 37.8 Å². The summed E-state index contributed by atoms with van der Waals surface area (Å²) in [4.78, 5) is 64.3. The van der Waals surface area contributed by atoms with E-state index in [-0.39, 0.29) is 24.5 Å². The molecule has 0 aromatic heterocycles. The molecule has 8 N–H and O–H groups in total. The lowest BCUT2D eigenvalue weighted by molar-refractivity contribution is -0.137. The molecule has 1 heterocycles. The average Bonchev–Trinajstić information content (AvgIpc) is 2.97. The molecule has 0 radical (unpaired) electrons. The Labute approximate surface area is 242 Å². The van der Waals surface area contributed by atoms with E-state index < -0.39 is 35.8 Å². The molecular formula is C28H48N8O5. The maximum Gasteiger partial charge on any atom is 0.314 e. The summed E-state index contributed by atoms with van der Waals surface area (Å²) >= 11 is 0. The zero-order valence-electron chi connectivity index (χ0n) is 24.6. The molecular weight excluding hydrogens is 528 g/mol. The number of likely N-dealkylation sites (tertiary alicyclic amines) is 1. The smallest absolute Gasteiger partial charge is 0.314 e. The molecule has 0 spiro atoms. The van der Waals surface area contributed by atoms with Gasteiger partial charge in [-0.15, -0.1) is 0 Å². The molecule has 230 valence electrons. The Bertz CT molecular complexity index is 961. The Morgan fingerprint density at radius 1 is 1.02 bits per heavy atom. The Morgan fingerprint density at radius 3 is 2.39 bits per heavy atom. The fourth-order valence-corrected chi connectivity index (χ4v) is 4.75. The topological polar surface area (TPSA) is 187 Å². The SMILES string of the molecule is CNCCCCC(NC(=O)CNC(=O)C(C)NC(=O)[C@H](N)CC1=CCCC=C1)C(=O)N1CCC(NC(=O)NC)CC1. The summed E-state index contributed by atoms with van der Waals surface area (Å²) in [6, 6.07) is -2.67. The normalized spacial score (nSPS) is 17.5. The molecule has 2 unspecified atom stereocenters. The van der Waals surface area contributed by atoms with Crippen molar-refractivity contribution in [1.82, 2.24) is 36.8 Å². The van der Waals surface area contributed by atoms with Crippen LogP contribution in [-0.2, 0) is 19.2 Å². The van der Waals surface area contributed by atoms with Crippen molar-refractivity contribution >= 4 is 29.7 Å². The number of hydrogen-bond acceptors (Lipinski definition) is 7. The summed E-state index contributed by atoms with van der Waals surface area (Å²) in [6.07, 6.45) is 11.6. The highest BCUT2D eigenvalue weighted by Crippen LogP contribution is 2.15. The predicted octanol–water partition coefficient (Wildman–Crippen LogP) is -0.604. The lowest BCUT2D eigenvalue weighted by Gasteiger charge is -2.34. The monoisotopic (exact) mass is 576 g/mol. The minimum atomic E-state index is -0.888. The van der Waals surface area contributed by atoms with Crippen LogP contribution in [0.3, 0.4) is 0 Å². The van der Waals surface area contributed by atoms with Crippen LogP contribution in [0.4, 0.5) is 4.79 Å². The van der Waals surface area contributed by atoms with Crippen LogP contribution in [0.1, 0.15) is 58.3 Å². The van der Waals surface area contributed by atoms with Crippen molar-refractivity contribution in [2.75, 3.05) is 40.3 Å². The number of allylic oxidation sites excluding steroid dienone is 3. The van der Waals surface area contributed by atoms with Crippen LogP contribution in [0.15, 0.2) is 23.8 Å². The van der Waals surface area contributed by atoms with Crippen molar-refractivity contribution in [2.24, 2.45) is 5.73 Å². The number of hydrogen-bond donors (Lipinski definition) is 7. The molecule has 0 saturated carbocycles. The number of carbonyl (C=O) groups is 5. The quantitative estimate of drug-likeness (QED) is 0.127. The fraction of sp³-hybridized carbons (Fsp3) is 0.679. The van der Waals surface area contributed by atoms with Crippen molar-refractivity contribution < 1.29 is 24.0 Å². The van der Waals surface area contributed by atoms with Crippen molar-refractivity contribution in [2.45, 2.75) is 82.5 Å². The molecule has 0 aromatic rings. The molecule has 13 heteroatoms. The van der Waals surface area contributed by atoms with Crippen molar-refractivity contribution in [1.29, 1.82) is 0 Å². The molecule has 1 aliphatic carbocycles. The molecule has 41 heavy (non-hydrogen) atoms. The lowest BCUT2D eigenvalue weighted by atomic mass is 10.00. The summed E-state index contributed by atoms with van der Waals surface area (Å²) in [5.41, 5.74) is 7.01. The lowest BCUT2D eigenvalue weighted by Crippen LogP contribution is -2.55. The first-order valence-corrected chi connectivity index (χ1v) is 14.5. The van der Waals surface area contributed by atoms with Crippen LogP contribution in [0, 0.1) is 0 Å². The molecule has 2 aliphatic rings. The number of nitrogens with zero attached hydrogens (tertiary/aromatic N) is 1. The first kappa shape index (κ1) is 33.8. The Morgan fingerprint density at radius 2 is 1.76 bits per heavy atom. The maximum atomic E-state index is 13.3. The van der Waals surface area contributed by atoms with Gasteiger partial charge < -0.3 is 42.5 Å². The highest BCUT2D eigenvalue weighted by molar-refractivity contribution is 5.93. The summed E-state index contributed by atoms with van der Waals surface area (Å²) in [5, 5.41) is 16.4. The Balaban J connectivity index is 1.83. The predicted molar refractivity (Wildman–Crippen MR) is 157 cm³/mol. The van der Waals surface area contributed by atoms with Crippen LogP contribution >= 0.6 is 0 Å². The molecule has 1 aliphatic heterocycles. The third-order valence-corrected chi connectivity index (χ3v) is 7.21. The van der Waals surface area contributed by atoms with E-state index in [2.05, 4.69) is 31.9 Å². The first-order chi connectivity index (χ1) is 19.6. The number of urea groups is 1. The van der Waals surface area contributed by atoms with E-state index in [9.17, 15) is 24.0 Å². The Hall–Kier alpha value is -3.45. The van der Waals surface area contributed by atoms with Gasteiger partial charge in [-0.05, 0) is 71.9 Å². The molecule has 2 rings (SSSR count). The standard InChI is InChI=1S/C28H48N8O5/c1-19(33-26(39)22(29)17-20-9-5-4-6-10-20)25(38)32-18-24(37)35-23(11-7-8-14-30-2)27(40)36-15-12-21(13-16-36)34-28(41)31-3/h5,9-10,19,21-23,30H,4,6-8,11-18,29H2,1-3H3,(H,32,38)(H,33,39)(H,35,37)(H2,31,34,41)/t19?,22-,23?/m1/s1. The highest BCUT2D eigenvalue weighted by atomic mass is 16.2. The van der Waals surface area contributed by atoms with Crippen molar-refractivity contribution in [3.63, 3.8) is 0 Å². The second-order valence-corrected chi connectivity index (χ2v) is 10.6. The first-order valence-electron chi connectivity index (χ1n) is 14.5. The van der Waals surface area contributed by atoms with Crippen LogP contribution in [-0.4, -0.2) is 99.0 Å². The second-order valence-electron chi connectivity index (χ2n) is 10.6. The van der Waals surface area contributed by atoms with E-state index in [1.807, 2.05) is 25.3 Å². The largest absolute Gasteiger partial charge is 0.345 e. The van der Waals surface area contributed by atoms with E-state index in [1.54, 1.807) is 11.9 Å². The summed E-state index contributed by atoms with van der Waals surface area (Å²) < 4.78 is 0. The van der Waals surface area contributed by atoms with Gasteiger partial charge in [-0.1, -0.05) is 23.8 Å². The number of carbonyl (C=O) groups excluding carboxylic acids is 5. The number of rotatable bonds is 15. The van der Waals surface area contributed by atoms with Gasteiger partial charge in [0, 0.05) is 26.2 Å². The highest BCUT2D eigenvalue weighted by Gasteiger charge is 2.30. The molecule has 1 fully saturated rings. The van der Waals surface area contributed by atoms with Gasteiger partial charge in [0.2, 0.25) is 23.6 Å². The molecule has 1 saturated heterocycles. The number of piperidine rings is 1. The molecule has 0 bridgehead atoms. The van der Waals surface area contributed by atoms with Gasteiger partial charge in [0.1, 0.15) is 12.1 Å². The van der Waals surface area contributed by atoms with Crippen LogP contribution in [0.5, 0.6) is 0 Å². The summed E-state index contributed by atoms with van der Waals surface area (Å²) in [6.45, 7) is 2.93. The van der Waals surface area contributed by atoms with E-state index >= 15 is 0 Å². The Kier molecular flexibility index (Phi) is 14.9. The second kappa shape index (κ2) is 18.1. The van der Waals surface area contributed by atoms with E-state index in [0.29, 0.717) is 38.8 Å². The molecule has 13 nitrogen and oxygen atoms in total. The molecule has 0 aromatic carbocycles. The fourth-order valence-electron chi connectivity index (χ4n) is 4.75. The van der Waals surface area contributed by atoms with E-state index in [4.69, 9.17) is 5.73 Å². The molecule has 6 amide bonds. The van der Waals surface area contributed by atoms with Gasteiger partial charge in [-0.25, -0.2) is 4.79 Å². The minimum Gasteiger partial charge on any atom is -0.345 e. The number of nitrogens with one attached hydrogen (secondary N) is 6. The van der Waals surface area contributed by atoms with Crippen LogP contribution < -0.4 is 37.6 Å². The number of nitrogens with two attached hydrogens (primary N) is 1. The third-order valence-electron chi connectivity index (χ3n) is 7.21. The maximum absolute atomic E-state index is 13.3. The average molecular weight is 577 g/mol. The van der Waals surface area contributed by atoms with Gasteiger partial charge in [-0.2, -0.15) is 0 Å². The zero-order valence-corrected chi connectivity index (χ0v) is 24.6. The van der Waals surface area contributed by atoms with Crippen LogP contribution in [0.25, 0.3) is 0 Å².